The van der Waals surface area contributed by atoms with Gasteiger partial charge in [0.2, 0.25) is 35.4 Å². The predicted molar refractivity (Wildman–Crippen MR) is 193 cm³/mol. The second kappa shape index (κ2) is 13.9. The third-order valence-electron chi connectivity index (χ3n) is 11.9. The number of carbonyl (C=O) groups excluding carboxylic acids is 8. The van der Waals surface area contributed by atoms with E-state index in [1.165, 1.54) is 0 Å². The molecule has 1 aliphatic carbocycles. The fourth-order valence-electron chi connectivity index (χ4n) is 8.80. The molecular formula is C40H26O26. The van der Waals surface area contributed by atoms with Crippen molar-refractivity contribution < 1.29 is 127 Å². The molecule has 0 saturated carbocycles. The Morgan fingerprint density at radius 2 is 1.26 bits per heavy atom. The largest absolute Gasteiger partial charge is 0.504 e. The normalized spacial score (nSPS) is 30.5. The summed E-state index contributed by atoms with van der Waals surface area (Å²) < 4.78 is 50.2. The summed E-state index contributed by atoms with van der Waals surface area (Å²) in [6.07, 6.45) is -12.7. The van der Waals surface area contributed by atoms with Gasteiger partial charge in [-0.15, -0.1) is 0 Å². The molecule has 66 heavy (non-hydrogen) atoms. The lowest BCUT2D eigenvalue weighted by molar-refractivity contribution is -0.323. The molecule has 3 aromatic rings. The molecule has 26 heteroatoms. The molecule has 0 spiro atoms. The molecule has 3 aromatic carbocycles. The van der Waals surface area contributed by atoms with Crippen LogP contribution in [0.5, 0.6) is 51.7 Å². The van der Waals surface area contributed by atoms with Gasteiger partial charge in [0.25, 0.3) is 11.6 Å². The van der Waals surface area contributed by atoms with Crippen molar-refractivity contribution in [3.8, 4) is 51.7 Å². The van der Waals surface area contributed by atoms with Crippen LogP contribution in [0.1, 0.15) is 60.5 Å². The standard InChI is InChI=1S/C40H26O26/c41-13-1-8-2-16(24(13)46)59-34(51)11-6-19(45)61-28-20-9(3-14(42)25(28)47)33(50)58-7-17-27-30(63-37(54)21(11)20)31(38(60-17)65-32(8)49)64-35(52)10-4-15(43)26(48)29-22(10)23-12(36(53)62-27)5-18(44)39(55,56)40(23,57)66-29/h1-5,11,17,21,23,27,30-31,38,41-43,46-48,55-57H,6-7H2. The molecule has 8 bridgehead atoms. The second-order valence-corrected chi connectivity index (χ2v) is 15.7. The maximum atomic E-state index is 15.0. The number of ether oxygens (including phenoxy) is 9. The first-order valence-electron chi connectivity index (χ1n) is 19.0. The van der Waals surface area contributed by atoms with E-state index >= 15 is 4.79 Å². The highest BCUT2D eigenvalue weighted by atomic mass is 16.8. The lowest BCUT2D eigenvalue weighted by Crippen LogP contribution is -2.66. The first-order valence-corrected chi connectivity index (χ1v) is 19.0. The molecule has 0 aromatic heterocycles. The zero-order valence-electron chi connectivity index (χ0n) is 32.4. The monoisotopic (exact) mass is 922 g/mol. The van der Waals surface area contributed by atoms with Crippen LogP contribution in [0, 0.1) is 5.92 Å². The Labute approximate surface area is 362 Å². The second-order valence-electron chi connectivity index (χ2n) is 15.7. The van der Waals surface area contributed by atoms with Gasteiger partial charge in [0.05, 0.1) is 40.5 Å². The molecule has 26 nitrogen and oxygen atoms in total. The lowest BCUT2D eigenvalue weighted by Gasteiger charge is -2.44. The lowest BCUT2D eigenvalue weighted by atomic mass is 9.74. The average Bonchev–Trinajstić information content (AvgIpc) is 3.48. The van der Waals surface area contributed by atoms with Crippen molar-refractivity contribution in [2.24, 2.45) is 5.92 Å². The van der Waals surface area contributed by atoms with E-state index in [2.05, 4.69) is 0 Å². The quantitative estimate of drug-likeness (QED) is 0.0388. The topological polar surface area (TPSA) is 402 Å². The van der Waals surface area contributed by atoms with Crippen LogP contribution in [-0.2, 0) is 52.4 Å². The van der Waals surface area contributed by atoms with Crippen LogP contribution in [0.25, 0.3) is 0 Å². The van der Waals surface area contributed by atoms with E-state index in [0.717, 1.165) is 0 Å². The van der Waals surface area contributed by atoms with E-state index in [4.69, 9.17) is 42.6 Å². The van der Waals surface area contributed by atoms with Crippen molar-refractivity contribution in [1.82, 2.24) is 0 Å². The molecule has 342 valence electrons. The molecule has 0 radical (unpaired) electrons. The number of aliphatic hydroxyl groups is 3. The highest BCUT2D eigenvalue weighted by molar-refractivity contribution is 6.08. The minimum absolute atomic E-state index is 0.252. The Hall–Kier alpha value is -8.20. The summed E-state index contributed by atoms with van der Waals surface area (Å²) >= 11 is 0. The van der Waals surface area contributed by atoms with Gasteiger partial charge >= 0.3 is 41.8 Å². The van der Waals surface area contributed by atoms with Crippen molar-refractivity contribution in [1.29, 1.82) is 0 Å². The minimum Gasteiger partial charge on any atom is -0.504 e. The smallest absolute Gasteiger partial charge is 0.340 e. The third kappa shape index (κ3) is 5.74. The van der Waals surface area contributed by atoms with E-state index in [1.54, 1.807) is 0 Å². The van der Waals surface area contributed by atoms with Crippen molar-refractivity contribution in [2.75, 3.05) is 6.61 Å². The molecule has 6 heterocycles. The summed E-state index contributed by atoms with van der Waals surface area (Å²) in [5.74, 6) is -38.4. The fraction of sp³-hybridized carbons (Fsp3) is 0.300. The van der Waals surface area contributed by atoms with Gasteiger partial charge in [-0.2, -0.15) is 0 Å². The number of fused-ring (bicyclic) bond motifs is 3. The van der Waals surface area contributed by atoms with Gasteiger partial charge < -0.3 is 88.6 Å². The highest BCUT2D eigenvalue weighted by Gasteiger charge is 2.71. The van der Waals surface area contributed by atoms with Gasteiger partial charge in [0, 0.05) is 11.1 Å². The Bertz CT molecular complexity index is 2880. The number of carbonyl (C=O) groups is 8. The number of phenolic OH excluding ortho intramolecular Hbond substituents is 6. The summed E-state index contributed by atoms with van der Waals surface area (Å²) in [5.41, 5.74) is -5.38. The summed E-state index contributed by atoms with van der Waals surface area (Å²) in [4.78, 5) is 113. The summed E-state index contributed by atoms with van der Waals surface area (Å²) in [6.45, 7) is -1.17. The fourth-order valence-corrected chi connectivity index (χ4v) is 8.80. The van der Waals surface area contributed by atoms with Crippen molar-refractivity contribution in [3.63, 3.8) is 0 Å². The molecular weight excluding hydrogens is 896 g/mol. The van der Waals surface area contributed by atoms with Gasteiger partial charge in [0.15, 0.2) is 46.7 Å². The Morgan fingerprint density at radius 1 is 0.606 bits per heavy atom. The Balaban J connectivity index is 1.25. The van der Waals surface area contributed by atoms with Gasteiger partial charge in [-0.1, -0.05) is 0 Å². The highest BCUT2D eigenvalue weighted by Crippen LogP contribution is 2.60. The summed E-state index contributed by atoms with van der Waals surface area (Å²) in [6, 6.07) is 2.28. The molecule has 6 aliphatic heterocycles. The molecule has 9 unspecified atom stereocenters. The molecule has 0 amide bonds. The van der Waals surface area contributed by atoms with E-state index in [1.807, 2.05) is 0 Å². The van der Waals surface area contributed by atoms with Crippen LogP contribution in [0.4, 0.5) is 0 Å². The zero-order chi connectivity index (χ0) is 47.2. The number of esters is 7. The molecule has 1 fully saturated rings. The number of benzene rings is 3. The summed E-state index contributed by atoms with van der Waals surface area (Å²) in [7, 11) is 0. The first-order chi connectivity index (χ1) is 31.1. The molecule has 10 rings (SSSR count). The molecule has 9 atom stereocenters. The molecule has 7 aliphatic rings. The number of rotatable bonds is 0. The number of phenols is 6. The van der Waals surface area contributed by atoms with Gasteiger partial charge in [-0.25, -0.2) is 19.2 Å². The van der Waals surface area contributed by atoms with E-state index < -0.39 is 206 Å². The van der Waals surface area contributed by atoms with Crippen LogP contribution in [0.2, 0.25) is 0 Å². The molecule has 9 N–H and O–H groups in total. The van der Waals surface area contributed by atoms with Gasteiger partial charge in [-0.05, 0) is 30.3 Å². The van der Waals surface area contributed by atoms with E-state index in [9.17, 15) is 79.5 Å². The van der Waals surface area contributed by atoms with E-state index in [0.29, 0.717) is 24.3 Å². The number of cyclic esters (lactones) is 1. The zero-order valence-corrected chi connectivity index (χ0v) is 32.4. The maximum absolute atomic E-state index is 15.0. The van der Waals surface area contributed by atoms with Crippen LogP contribution in [0.15, 0.2) is 35.9 Å². The van der Waals surface area contributed by atoms with Crippen LogP contribution >= 0.6 is 0 Å². The van der Waals surface area contributed by atoms with Crippen molar-refractivity contribution in [3.05, 3.63) is 63.7 Å². The number of aromatic hydroxyl groups is 6. The Kier molecular flexibility index (Phi) is 8.80. The number of ketones is 1. The summed E-state index contributed by atoms with van der Waals surface area (Å²) in [5, 5.41) is 98.2. The van der Waals surface area contributed by atoms with Gasteiger partial charge in [0.1, 0.15) is 18.6 Å². The minimum atomic E-state index is -3.98. The maximum Gasteiger partial charge on any atom is 0.340 e. The van der Waals surface area contributed by atoms with Crippen molar-refractivity contribution >= 4 is 47.6 Å². The van der Waals surface area contributed by atoms with Crippen LogP contribution in [0.3, 0.4) is 0 Å². The predicted octanol–water partition coefficient (Wildman–Crippen LogP) is -1.98. The van der Waals surface area contributed by atoms with Crippen LogP contribution < -0.4 is 14.2 Å². The van der Waals surface area contributed by atoms with Gasteiger partial charge in [-0.3, -0.25) is 19.2 Å². The number of hydrogen-bond donors (Lipinski definition) is 9. The van der Waals surface area contributed by atoms with E-state index in [-0.39, 0.29) is 6.08 Å². The number of hydrogen-bond acceptors (Lipinski definition) is 26. The Morgan fingerprint density at radius 3 is 1.97 bits per heavy atom. The van der Waals surface area contributed by atoms with Crippen LogP contribution in [-0.4, -0.2) is 142 Å². The third-order valence-corrected chi connectivity index (χ3v) is 11.9. The van der Waals surface area contributed by atoms with Crippen molar-refractivity contribution in [2.45, 2.75) is 60.5 Å². The SMILES string of the molecule is O=C1CC2C(=O)Oc3cc(cc(O)c3O)C(=O)OC3OC4COC(=O)c5cc(O)c(O)c(c5C2C(=O)OC2C4OC(=O)C4=CC(=O)C(O)(O)C5(O)Oc6c(O)c(O)cc(c6C45)C(=O)OC32)O1. The molecule has 1 saturated heterocycles. The first kappa shape index (κ1) is 41.8. The average molecular weight is 923 g/mol.